The van der Waals surface area contributed by atoms with Crippen LogP contribution >= 0.6 is 11.6 Å². The lowest BCUT2D eigenvalue weighted by Crippen LogP contribution is -2.33. The van der Waals surface area contributed by atoms with Crippen molar-refractivity contribution in [3.05, 3.63) is 17.5 Å². The van der Waals surface area contributed by atoms with Gasteiger partial charge in [-0.3, -0.25) is 4.79 Å². The topological polar surface area (TPSA) is 64.1 Å². The molecule has 0 aliphatic heterocycles. The minimum Gasteiger partial charge on any atom is -0.378 e. The number of rotatable bonds is 5. The van der Waals surface area contributed by atoms with Crippen molar-refractivity contribution >= 4 is 23.3 Å². The third-order valence-corrected chi connectivity index (χ3v) is 3.14. The molecule has 6 heteroatoms. The Labute approximate surface area is 111 Å². The number of amides is 1. The number of nitrogens with one attached hydrogen (secondary N) is 1. The second kappa shape index (κ2) is 6.11. The molecular weight excluding hydrogens is 254 g/mol. The van der Waals surface area contributed by atoms with E-state index >= 15 is 0 Å². The van der Waals surface area contributed by atoms with Gasteiger partial charge in [-0.25, -0.2) is 9.97 Å². The van der Waals surface area contributed by atoms with Crippen LogP contribution in [0.1, 0.15) is 26.2 Å². The normalized spacial score (nSPS) is 22.3. The highest BCUT2D eigenvalue weighted by Crippen LogP contribution is 2.32. The zero-order valence-electron chi connectivity index (χ0n) is 10.2. The highest BCUT2D eigenvalue weighted by atomic mass is 35.5. The molecule has 1 aliphatic rings. The predicted octanol–water partition coefficient (Wildman–Crippen LogP) is 2.27. The number of aromatic nitrogens is 2. The van der Waals surface area contributed by atoms with Gasteiger partial charge in [0.15, 0.2) is 0 Å². The molecule has 1 aliphatic carbocycles. The lowest BCUT2D eigenvalue weighted by Gasteiger charge is -2.34. The Morgan fingerprint density at radius 3 is 3.06 bits per heavy atom. The van der Waals surface area contributed by atoms with Crippen LogP contribution in [-0.2, 0) is 9.53 Å². The highest BCUT2D eigenvalue weighted by molar-refractivity contribution is 6.28. The van der Waals surface area contributed by atoms with Crippen LogP contribution in [-0.4, -0.2) is 28.6 Å². The smallest absolute Gasteiger partial charge is 0.225 e. The Bertz CT molecular complexity index is 422. The molecule has 1 amide bonds. The summed E-state index contributed by atoms with van der Waals surface area (Å²) in [6.07, 6.45) is 4.28. The summed E-state index contributed by atoms with van der Waals surface area (Å²) >= 11 is 5.64. The Hall–Kier alpha value is -1.20. The van der Waals surface area contributed by atoms with E-state index in [2.05, 4.69) is 15.3 Å². The van der Waals surface area contributed by atoms with Crippen molar-refractivity contribution in [3.63, 3.8) is 0 Å². The Kier molecular flexibility index (Phi) is 4.49. The van der Waals surface area contributed by atoms with Crippen molar-refractivity contribution < 1.29 is 9.53 Å². The quantitative estimate of drug-likeness (QED) is 0.833. The molecule has 1 aromatic heterocycles. The van der Waals surface area contributed by atoms with Gasteiger partial charge in [0.25, 0.3) is 0 Å². The van der Waals surface area contributed by atoms with Crippen LogP contribution in [0.3, 0.4) is 0 Å². The first-order chi connectivity index (χ1) is 8.67. The van der Waals surface area contributed by atoms with E-state index in [1.807, 2.05) is 6.92 Å². The van der Waals surface area contributed by atoms with Gasteiger partial charge in [-0.2, -0.15) is 0 Å². The molecule has 0 saturated heterocycles. The van der Waals surface area contributed by atoms with E-state index in [1.165, 1.54) is 6.20 Å². The molecule has 98 valence electrons. The van der Waals surface area contributed by atoms with Gasteiger partial charge >= 0.3 is 0 Å². The van der Waals surface area contributed by atoms with Crippen LogP contribution in [0.4, 0.5) is 5.82 Å². The lowest BCUT2D eigenvalue weighted by atomic mass is 9.80. The molecular formula is C12H16ClN3O2. The number of anilines is 1. The maximum absolute atomic E-state index is 11.7. The van der Waals surface area contributed by atoms with Gasteiger partial charge in [0.1, 0.15) is 5.82 Å². The molecule has 1 aromatic rings. The molecule has 5 nitrogen and oxygen atoms in total. The van der Waals surface area contributed by atoms with E-state index in [9.17, 15) is 4.79 Å². The first-order valence-corrected chi connectivity index (χ1v) is 6.45. The lowest BCUT2D eigenvalue weighted by molar-refractivity contribution is -0.119. The number of carbonyl (C=O) groups excluding carboxylic acids is 1. The van der Waals surface area contributed by atoms with E-state index in [0.29, 0.717) is 24.3 Å². The largest absolute Gasteiger partial charge is 0.378 e. The number of ether oxygens (including phenoxy) is 1. The zero-order valence-corrected chi connectivity index (χ0v) is 11.0. The monoisotopic (exact) mass is 269 g/mol. The van der Waals surface area contributed by atoms with Gasteiger partial charge in [0.05, 0.1) is 6.10 Å². The summed E-state index contributed by atoms with van der Waals surface area (Å²) in [6, 6.07) is 1.62. The fourth-order valence-electron chi connectivity index (χ4n) is 2.07. The molecule has 0 radical (unpaired) electrons. The molecule has 0 bridgehead atoms. The average Bonchev–Trinajstić information content (AvgIpc) is 2.26. The van der Waals surface area contributed by atoms with E-state index in [0.717, 1.165) is 19.4 Å². The van der Waals surface area contributed by atoms with Crippen molar-refractivity contribution in [3.8, 4) is 0 Å². The van der Waals surface area contributed by atoms with Gasteiger partial charge in [0.2, 0.25) is 11.2 Å². The Morgan fingerprint density at radius 2 is 2.39 bits per heavy atom. The number of nitrogens with zero attached hydrogens (tertiary/aromatic N) is 2. The van der Waals surface area contributed by atoms with E-state index in [4.69, 9.17) is 16.3 Å². The van der Waals surface area contributed by atoms with Crippen LogP contribution in [0.25, 0.3) is 0 Å². The van der Waals surface area contributed by atoms with Crippen LogP contribution in [0.15, 0.2) is 12.3 Å². The summed E-state index contributed by atoms with van der Waals surface area (Å²) in [5.74, 6) is 0.823. The van der Waals surface area contributed by atoms with Crippen LogP contribution in [0, 0.1) is 5.92 Å². The second-order valence-corrected chi connectivity index (χ2v) is 4.72. The van der Waals surface area contributed by atoms with Crippen LogP contribution in [0.5, 0.6) is 0 Å². The Balaban J connectivity index is 1.73. The molecule has 0 atom stereocenters. The number of hydrogen-bond acceptors (Lipinski definition) is 4. The third-order valence-electron chi connectivity index (χ3n) is 2.96. The summed E-state index contributed by atoms with van der Waals surface area (Å²) in [6.45, 7) is 2.72. The van der Waals surface area contributed by atoms with Gasteiger partial charge < -0.3 is 10.1 Å². The van der Waals surface area contributed by atoms with E-state index in [1.54, 1.807) is 6.07 Å². The van der Waals surface area contributed by atoms with Gasteiger partial charge in [-0.1, -0.05) is 0 Å². The van der Waals surface area contributed by atoms with E-state index in [-0.39, 0.29) is 11.2 Å². The van der Waals surface area contributed by atoms with E-state index < -0.39 is 0 Å². The summed E-state index contributed by atoms with van der Waals surface area (Å²) in [5.41, 5.74) is 0. The zero-order chi connectivity index (χ0) is 13.0. The third kappa shape index (κ3) is 3.65. The van der Waals surface area contributed by atoms with Crippen LogP contribution < -0.4 is 5.32 Å². The van der Waals surface area contributed by atoms with Crippen molar-refractivity contribution in [1.29, 1.82) is 0 Å². The van der Waals surface area contributed by atoms with Gasteiger partial charge in [-0.05, 0) is 43.4 Å². The summed E-state index contributed by atoms with van der Waals surface area (Å²) < 4.78 is 5.45. The molecule has 1 saturated carbocycles. The molecule has 1 fully saturated rings. The minimum absolute atomic E-state index is 0.0373. The minimum atomic E-state index is -0.0373. The van der Waals surface area contributed by atoms with Crippen LogP contribution in [0.2, 0.25) is 5.28 Å². The molecule has 0 unspecified atom stereocenters. The molecule has 0 aromatic carbocycles. The predicted molar refractivity (Wildman–Crippen MR) is 68.4 cm³/mol. The SMILES string of the molecule is CCOC1CC(CC(=O)Nc2ccnc(Cl)n2)C1. The van der Waals surface area contributed by atoms with Crippen molar-refractivity contribution in [2.24, 2.45) is 5.92 Å². The maximum atomic E-state index is 11.7. The Morgan fingerprint density at radius 1 is 1.61 bits per heavy atom. The molecule has 2 rings (SSSR count). The summed E-state index contributed by atoms with van der Waals surface area (Å²) in [5, 5.41) is 2.85. The second-order valence-electron chi connectivity index (χ2n) is 4.38. The van der Waals surface area contributed by atoms with Gasteiger partial charge in [0, 0.05) is 19.2 Å². The first kappa shape index (κ1) is 13.2. The fraction of sp³-hybridized carbons (Fsp3) is 0.583. The first-order valence-electron chi connectivity index (χ1n) is 6.07. The van der Waals surface area contributed by atoms with Crippen molar-refractivity contribution in [2.75, 3.05) is 11.9 Å². The summed E-state index contributed by atoms with van der Waals surface area (Å²) in [4.78, 5) is 19.4. The van der Waals surface area contributed by atoms with Crippen molar-refractivity contribution in [2.45, 2.75) is 32.3 Å². The average molecular weight is 270 g/mol. The van der Waals surface area contributed by atoms with Crippen molar-refractivity contribution in [1.82, 2.24) is 9.97 Å². The molecule has 1 N–H and O–H groups in total. The number of carbonyl (C=O) groups is 1. The number of hydrogen-bond donors (Lipinski definition) is 1. The molecule has 1 heterocycles. The highest BCUT2D eigenvalue weighted by Gasteiger charge is 2.31. The standard InChI is InChI=1S/C12H16ClN3O2/c1-2-18-9-5-8(6-9)7-11(17)15-10-3-4-14-12(13)16-10/h3-4,8-9H,2,5-7H2,1H3,(H,14,15,16,17). The summed E-state index contributed by atoms with van der Waals surface area (Å²) in [7, 11) is 0. The fourth-order valence-corrected chi connectivity index (χ4v) is 2.22. The molecule has 18 heavy (non-hydrogen) atoms. The van der Waals surface area contributed by atoms with Gasteiger partial charge in [-0.15, -0.1) is 0 Å². The number of halogens is 1. The maximum Gasteiger partial charge on any atom is 0.225 e. The molecule has 0 spiro atoms.